The van der Waals surface area contributed by atoms with Crippen LogP contribution in [0.1, 0.15) is 15.9 Å². The standard InChI is InChI=1S/C9H10BNO/c1-11-5-6-4-7(10)2-3-8(6)9(11)12/h2-4H,5,10H2,1H3. The summed E-state index contributed by atoms with van der Waals surface area (Å²) in [6.07, 6.45) is 0. The maximum atomic E-state index is 11.4. The lowest BCUT2D eigenvalue weighted by atomic mass is 9.93. The number of amides is 1. The van der Waals surface area contributed by atoms with Crippen LogP contribution >= 0.6 is 0 Å². The van der Waals surface area contributed by atoms with Crippen LogP contribution in [0, 0.1) is 0 Å². The van der Waals surface area contributed by atoms with E-state index in [1.165, 1.54) is 5.46 Å². The van der Waals surface area contributed by atoms with Gasteiger partial charge in [-0.25, -0.2) is 0 Å². The van der Waals surface area contributed by atoms with Gasteiger partial charge in [0, 0.05) is 19.2 Å². The third-order valence-corrected chi connectivity index (χ3v) is 2.25. The van der Waals surface area contributed by atoms with Gasteiger partial charge < -0.3 is 4.90 Å². The van der Waals surface area contributed by atoms with Gasteiger partial charge in [-0.1, -0.05) is 17.6 Å². The van der Waals surface area contributed by atoms with Gasteiger partial charge in [-0.2, -0.15) is 0 Å². The van der Waals surface area contributed by atoms with Crippen LogP contribution in [0.15, 0.2) is 18.2 Å². The molecular weight excluding hydrogens is 149 g/mol. The minimum atomic E-state index is 0.144. The number of benzene rings is 1. The average molecular weight is 159 g/mol. The minimum absolute atomic E-state index is 0.144. The van der Waals surface area contributed by atoms with Crippen molar-refractivity contribution in [2.75, 3.05) is 7.05 Å². The number of fused-ring (bicyclic) bond motifs is 1. The van der Waals surface area contributed by atoms with Crippen molar-refractivity contribution in [3.63, 3.8) is 0 Å². The molecule has 1 aromatic rings. The first-order valence-corrected chi connectivity index (χ1v) is 4.03. The smallest absolute Gasteiger partial charge is 0.254 e. The third kappa shape index (κ3) is 0.933. The lowest BCUT2D eigenvalue weighted by Gasteiger charge is -2.04. The Labute approximate surface area is 72.6 Å². The van der Waals surface area contributed by atoms with Gasteiger partial charge in [-0.05, 0) is 11.6 Å². The molecule has 0 aromatic heterocycles. The molecule has 1 amide bonds. The molecule has 0 aliphatic carbocycles. The zero-order valence-corrected chi connectivity index (χ0v) is 7.29. The summed E-state index contributed by atoms with van der Waals surface area (Å²) in [6, 6.07) is 5.98. The molecule has 2 rings (SSSR count). The maximum absolute atomic E-state index is 11.4. The molecule has 12 heavy (non-hydrogen) atoms. The summed E-state index contributed by atoms with van der Waals surface area (Å²) in [5.74, 6) is 0.144. The first kappa shape index (κ1) is 7.41. The fourth-order valence-electron chi connectivity index (χ4n) is 1.59. The van der Waals surface area contributed by atoms with Gasteiger partial charge in [0.05, 0.1) is 0 Å². The second kappa shape index (κ2) is 2.37. The highest BCUT2D eigenvalue weighted by Gasteiger charge is 2.23. The van der Waals surface area contributed by atoms with Crippen molar-refractivity contribution in [3.8, 4) is 0 Å². The van der Waals surface area contributed by atoms with E-state index in [0.717, 1.165) is 17.7 Å². The molecular formula is C9H10BNO. The van der Waals surface area contributed by atoms with Crippen LogP contribution in [0.5, 0.6) is 0 Å². The molecule has 0 saturated heterocycles. The van der Waals surface area contributed by atoms with Crippen LogP contribution in [-0.4, -0.2) is 25.7 Å². The van der Waals surface area contributed by atoms with E-state index < -0.39 is 0 Å². The molecule has 2 nitrogen and oxygen atoms in total. The second-order valence-electron chi connectivity index (χ2n) is 3.32. The predicted molar refractivity (Wildman–Crippen MR) is 50.4 cm³/mol. The Morgan fingerprint density at radius 2 is 2.25 bits per heavy atom. The van der Waals surface area contributed by atoms with E-state index in [4.69, 9.17) is 0 Å². The third-order valence-electron chi connectivity index (χ3n) is 2.25. The molecule has 1 heterocycles. The van der Waals surface area contributed by atoms with Crippen LogP contribution < -0.4 is 5.46 Å². The van der Waals surface area contributed by atoms with Crippen molar-refractivity contribution in [1.29, 1.82) is 0 Å². The molecule has 3 heteroatoms. The average Bonchev–Trinajstić information content (AvgIpc) is 2.28. The molecule has 1 aromatic carbocycles. The van der Waals surface area contributed by atoms with E-state index in [2.05, 4.69) is 6.07 Å². The van der Waals surface area contributed by atoms with Crippen LogP contribution in [0.2, 0.25) is 0 Å². The fourth-order valence-corrected chi connectivity index (χ4v) is 1.59. The zero-order valence-electron chi connectivity index (χ0n) is 7.29. The minimum Gasteiger partial charge on any atom is -0.337 e. The highest BCUT2D eigenvalue weighted by atomic mass is 16.2. The summed E-state index contributed by atoms with van der Waals surface area (Å²) in [7, 11) is 3.88. The normalized spacial score (nSPS) is 15.1. The highest BCUT2D eigenvalue weighted by Crippen LogP contribution is 2.19. The fraction of sp³-hybridized carbons (Fsp3) is 0.222. The second-order valence-corrected chi connectivity index (χ2v) is 3.32. The van der Waals surface area contributed by atoms with Gasteiger partial charge in [0.25, 0.3) is 5.91 Å². The number of nitrogens with zero attached hydrogens (tertiary/aromatic N) is 1. The van der Waals surface area contributed by atoms with Crippen LogP contribution in [-0.2, 0) is 6.54 Å². The van der Waals surface area contributed by atoms with Gasteiger partial charge in [-0.15, -0.1) is 0 Å². The molecule has 0 spiro atoms. The number of hydrogen-bond acceptors (Lipinski definition) is 1. The predicted octanol–water partition coefficient (Wildman–Crippen LogP) is -0.469. The van der Waals surface area contributed by atoms with Crippen LogP contribution in [0.25, 0.3) is 0 Å². The molecule has 0 fully saturated rings. The molecule has 0 bridgehead atoms. The lowest BCUT2D eigenvalue weighted by molar-refractivity contribution is 0.0816. The van der Waals surface area contributed by atoms with E-state index in [0.29, 0.717) is 0 Å². The Bertz CT molecular complexity index is 348. The molecule has 0 radical (unpaired) electrons. The summed E-state index contributed by atoms with van der Waals surface area (Å²) in [5.41, 5.74) is 3.24. The number of carbonyl (C=O) groups excluding carboxylic acids is 1. The number of carbonyl (C=O) groups is 1. The molecule has 0 atom stereocenters. The molecule has 60 valence electrons. The van der Waals surface area contributed by atoms with Crippen molar-refractivity contribution in [2.45, 2.75) is 6.54 Å². The Kier molecular flexibility index (Phi) is 1.46. The van der Waals surface area contributed by atoms with E-state index in [9.17, 15) is 4.79 Å². The zero-order chi connectivity index (χ0) is 8.72. The van der Waals surface area contributed by atoms with Crippen molar-refractivity contribution in [1.82, 2.24) is 4.90 Å². The topological polar surface area (TPSA) is 20.3 Å². The first-order valence-electron chi connectivity index (χ1n) is 4.03. The number of hydrogen-bond donors (Lipinski definition) is 0. The van der Waals surface area contributed by atoms with E-state index in [-0.39, 0.29) is 5.91 Å². The van der Waals surface area contributed by atoms with E-state index in [1.807, 2.05) is 27.0 Å². The summed E-state index contributed by atoms with van der Waals surface area (Å²) in [6.45, 7) is 0.760. The van der Waals surface area contributed by atoms with Gasteiger partial charge in [0.2, 0.25) is 0 Å². The summed E-state index contributed by atoms with van der Waals surface area (Å²) < 4.78 is 0. The maximum Gasteiger partial charge on any atom is 0.254 e. The van der Waals surface area contributed by atoms with Crippen LogP contribution in [0.3, 0.4) is 0 Å². The molecule has 0 N–H and O–H groups in total. The first-order chi connectivity index (χ1) is 5.68. The number of rotatable bonds is 0. The van der Waals surface area contributed by atoms with Crippen molar-refractivity contribution in [2.24, 2.45) is 0 Å². The SMILES string of the molecule is Bc1ccc2c(c1)CN(C)C2=O. The van der Waals surface area contributed by atoms with E-state index >= 15 is 0 Å². The van der Waals surface area contributed by atoms with Gasteiger partial charge >= 0.3 is 0 Å². The van der Waals surface area contributed by atoms with Crippen LogP contribution in [0.4, 0.5) is 0 Å². The summed E-state index contributed by atoms with van der Waals surface area (Å²) in [5, 5.41) is 0. The van der Waals surface area contributed by atoms with E-state index in [1.54, 1.807) is 4.90 Å². The summed E-state index contributed by atoms with van der Waals surface area (Å²) >= 11 is 0. The molecule has 1 aliphatic rings. The molecule has 0 unspecified atom stereocenters. The molecule has 0 saturated carbocycles. The Morgan fingerprint density at radius 1 is 1.50 bits per heavy atom. The largest absolute Gasteiger partial charge is 0.337 e. The lowest BCUT2D eigenvalue weighted by Crippen LogP contribution is -2.17. The molecule has 1 aliphatic heterocycles. The highest BCUT2D eigenvalue weighted by molar-refractivity contribution is 6.32. The van der Waals surface area contributed by atoms with Gasteiger partial charge in [0.15, 0.2) is 0 Å². The quantitative estimate of drug-likeness (QED) is 0.468. The van der Waals surface area contributed by atoms with Gasteiger partial charge in [-0.3, -0.25) is 4.79 Å². The Morgan fingerprint density at radius 3 is 3.00 bits per heavy atom. The Hall–Kier alpha value is -1.25. The van der Waals surface area contributed by atoms with Crippen molar-refractivity contribution in [3.05, 3.63) is 29.3 Å². The monoisotopic (exact) mass is 159 g/mol. The van der Waals surface area contributed by atoms with Crippen molar-refractivity contribution >= 4 is 19.2 Å². The Balaban J connectivity index is 2.54. The van der Waals surface area contributed by atoms with Gasteiger partial charge in [0.1, 0.15) is 7.85 Å². The summed E-state index contributed by atoms with van der Waals surface area (Å²) in [4.78, 5) is 13.2. The van der Waals surface area contributed by atoms with Crippen molar-refractivity contribution < 1.29 is 4.79 Å².